The van der Waals surface area contributed by atoms with Gasteiger partial charge in [0.1, 0.15) is 0 Å². The van der Waals surface area contributed by atoms with E-state index >= 15 is 0 Å². The van der Waals surface area contributed by atoms with E-state index in [2.05, 4.69) is 45.8 Å². The molecule has 0 aliphatic carbocycles. The Morgan fingerprint density at radius 1 is 0.950 bits per heavy atom. The van der Waals surface area contributed by atoms with Gasteiger partial charge in [0.25, 0.3) is 0 Å². The second kappa shape index (κ2) is 5.53. The van der Waals surface area contributed by atoms with Gasteiger partial charge in [-0.25, -0.2) is 0 Å². The molecule has 0 saturated carbocycles. The highest BCUT2D eigenvalue weighted by Gasteiger charge is 1.99. The summed E-state index contributed by atoms with van der Waals surface area (Å²) >= 11 is 0. The van der Waals surface area contributed by atoms with Crippen molar-refractivity contribution in [2.75, 3.05) is 5.43 Å². The minimum atomic E-state index is 0.931. The summed E-state index contributed by atoms with van der Waals surface area (Å²) in [5, 5.41) is 6.88. The number of hydrazone groups is 1. The molecular weight excluding hydrogens is 246 g/mol. The van der Waals surface area contributed by atoms with Crippen molar-refractivity contribution in [3.63, 3.8) is 0 Å². The van der Waals surface area contributed by atoms with Crippen molar-refractivity contribution in [3.8, 4) is 0 Å². The lowest BCUT2D eigenvalue weighted by atomic mass is 10.0. The Balaban J connectivity index is 1.86. The lowest BCUT2D eigenvalue weighted by Crippen LogP contribution is -1.99. The zero-order valence-electron chi connectivity index (χ0n) is 11.2. The summed E-state index contributed by atoms with van der Waals surface area (Å²) in [4.78, 5) is 3.98. The van der Waals surface area contributed by atoms with Crippen LogP contribution in [0.5, 0.6) is 0 Å². The van der Waals surface area contributed by atoms with E-state index in [-0.39, 0.29) is 0 Å². The van der Waals surface area contributed by atoms with Crippen molar-refractivity contribution in [2.24, 2.45) is 5.10 Å². The first-order valence-electron chi connectivity index (χ1n) is 6.52. The molecule has 0 aliphatic rings. The number of nitrogens with zero attached hydrogens (tertiary/aromatic N) is 2. The highest BCUT2D eigenvalue weighted by atomic mass is 15.3. The van der Waals surface area contributed by atoms with Crippen molar-refractivity contribution >= 4 is 22.2 Å². The number of anilines is 1. The largest absolute Gasteiger partial charge is 0.278 e. The molecule has 0 amide bonds. The van der Waals surface area contributed by atoms with Crippen LogP contribution < -0.4 is 5.43 Å². The fourth-order valence-corrected chi connectivity index (χ4v) is 2.05. The molecule has 1 N–H and O–H groups in total. The Labute approximate surface area is 118 Å². The van der Waals surface area contributed by atoms with E-state index in [1.54, 1.807) is 12.4 Å². The van der Waals surface area contributed by atoms with E-state index in [0.717, 1.165) is 17.0 Å². The maximum atomic E-state index is 4.41. The molecular formula is C17H15N3. The van der Waals surface area contributed by atoms with Crippen molar-refractivity contribution in [3.05, 3.63) is 72.6 Å². The summed E-state index contributed by atoms with van der Waals surface area (Å²) in [6.45, 7) is 2.00. The van der Waals surface area contributed by atoms with Crippen LogP contribution in [0.1, 0.15) is 12.5 Å². The minimum Gasteiger partial charge on any atom is -0.278 e. The van der Waals surface area contributed by atoms with Crippen LogP contribution in [0.3, 0.4) is 0 Å². The average molecular weight is 261 g/mol. The van der Waals surface area contributed by atoms with E-state index < -0.39 is 0 Å². The third-order valence-corrected chi connectivity index (χ3v) is 3.20. The van der Waals surface area contributed by atoms with Crippen molar-refractivity contribution in [1.82, 2.24) is 4.98 Å². The molecule has 0 unspecified atom stereocenters. The zero-order chi connectivity index (χ0) is 13.8. The van der Waals surface area contributed by atoms with Crippen LogP contribution in [0.15, 0.2) is 72.1 Å². The lowest BCUT2D eigenvalue weighted by Gasteiger charge is -2.05. The first-order chi connectivity index (χ1) is 9.83. The number of hydrogen-bond donors (Lipinski definition) is 1. The molecule has 0 atom stereocenters. The summed E-state index contributed by atoms with van der Waals surface area (Å²) in [5.74, 6) is 0. The van der Waals surface area contributed by atoms with Crippen LogP contribution >= 0.6 is 0 Å². The fraction of sp³-hybridized carbons (Fsp3) is 0.0588. The maximum Gasteiger partial charge on any atom is 0.0648 e. The summed E-state index contributed by atoms with van der Waals surface area (Å²) in [6.07, 6.45) is 3.48. The molecule has 20 heavy (non-hydrogen) atoms. The monoisotopic (exact) mass is 261 g/mol. The number of hydrogen-bond acceptors (Lipinski definition) is 3. The maximum absolute atomic E-state index is 4.41. The quantitative estimate of drug-likeness (QED) is 0.570. The normalized spacial score (nSPS) is 11.6. The SMILES string of the molecule is C/C(=N/Nc1ccncc1)c1ccc2ccccc2c1. The fourth-order valence-electron chi connectivity index (χ4n) is 2.05. The van der Waals surface area contributed by atoms with E-state index in [1.807, 2.05) is 31.2 Å². The van der Waals surface area contributed by atoms with Crippen molar-refractivity contribution < 1.29 is 0 Å². The summed E-state index contributed by atoms with van der Waals surface area (Å²) in [7, 11) is 0. The topological polar surface area (TPSA) is 37.3 Å². The van der Waals surface area contributed by atoms with Gasteiger partial charge in [-0.1, -0.05) is 36.4 Å². The standard InChI is InChI=1S/C17H15N3/c1-13(19-20-17-8-10-18-11-9-17)15-7-6-14-4-2-3-5-16(14)12-15/h2-12H,1H3,(H,18,20)/b19-13-. The lowest BCUT2D eigenvalue weighted by molar-refractivity contribution is 1.27. The Bertz CT molecular complexity index is 748. The smallest absolute Gasteiger partial charge is 0.0648 e. The number of pyridine rings is 1. The van der Waals surface area contributed by atoms with E-state index in [1.165, 1.54) is 10.8 Å². The molecule has 3 rings (SSSR count). The van der Waals surface area contributed by atoms with Gasteiger partial charge in [-0.3, -0.25) is 10.4 Å². The number of fused-ring (bicyclic) bond motifs is 1. The van der Waals surface area contributed by atoms with Crippen molar-refractivity contribution in [1.29, 1.82) is 0 Å². The molecule has 0 fully saturated rings. The highest BCUT2D eigenvalue weighted by Crippen LogP contribution is 2.16. The van der Waals surface area contributed by atoms with Gasteiger partial charge in [0, 0.05) is 12.4 Å². The molecule has 0 spiro atoms. The van der Waals surface area contributed by atoms with E-state index in [0.29, 0.717) is 0 Å². The average Bonchev–Trinajstić information content (AvgIpc) is 2.53. The second-order valence-electron chi connectivity index (χ2n) is 4.61. The number of rotatable bonds is 3. The molecule has 0 aliphatic heterocycles. The molecule has 3 heteroatoms. The predicted octanol–water partition coefficient (Wildman–Crippen LogP) is 4.07. The Kier molecular flexibility index (Phi) is 3.42. The zero-order valence-corrected chi connectivity index (χ0v) is 11.2. The van der Waals surface area contributed by atoms with Gasteiger partial charge in [-0.2, -0.15) is 5.10 Å². The molecule has 3 aromatic rings. The molecule has 1 aromatic heterocycles. The predicted molar refractivity (Wildman–Crippen MR) is 84.0 cm³/mol. The first-order valence-corrected chi connectivity index (χ1v) is 6.52. The van der Waals surface area contributed by atoms with Crippen LogP contribution in [0.25, 0.3) is 10.8 Å². The van der Waals surface area contributed by atoms with Gasteiger partial charge in [0.15, 0.2) is 0 Å². The van der Waals surface area contributed by atoms with Gasteiger partial charge in [-0.05, 0) is 41.5 Å². The van der Waals surface area contributed by atoms with Gasteiger partial charge >= 0.3 is 0 Å². The number of aromatic nitrogens is 1. The number of nitrogens with one attached hydrogen (secondary N) is 1. The van der Waals surface area contributed by atoms with E-state index in [9.17, 15) is 0 Å². The third-order valence-electron chi connectivity index (χ3n) is 3.20. The van der Waals surface area contributed by atoms with Crippen LogP contribution in [0.4, 0.5) is 5.69 Å². The van der Waals surface area contributed by atoms with Crippen LogP contribution in [0.2, 0.25) is 0 Å². The summed E-state index contributed by atoms with van der Waals surface area (Å²) in [6, 6.07) is 18.5. The van der Waals surface area contributed by atoms with Gasteiger partial charge < -0.3 is 0 Å². The molecule has 2 aromatic carbocycles. The molecule has 0 saturated heterocycles. The van der Waals surface area contributed by atoms with Gasteiger partial charge in [-0.15, -0.1) is 0 Å². The van der Waals surface area contributed by atoms with Crippen LogP contribution in [0, 0.1) is 0 Å². The highest BCUT2D eigenvalue weighted by molar-refractivity contribution is 6.02. The second-order valence-corrected chi connectivity index (χ2v) is 4.61. The summed E-state index contributed by atoms with van der Waals surface area (Å²) in [5.41, 5.74) is 6.04. The van der Waals surface area contributed by atoms with Gasteiger partial charge in [0.2, 0.25) is 0 Å². The Morgan fingerprint density at radius 3 is 2.50 bits per heavy atom. The van der Waals surface area contributed by atoms with Crippen LogP contribution in [-0.4, -0.2) is 10.7 Å². The van der Waals surface area contributed by atoms with E-state index in [4.69, 9.17) is 0 Å². The van der Waals surface area contributed by atoms with Crippen molar-refractivity contribution in [2.45, 2.75) is 6.92 Å². The summed E-state index contributed by atoms with van der Waals surface area (Å²) < 4.78 is 0. The minimum absolute atomic E-state index is 0.931. The van der Waals surface area contributed by atoms with Gasteiger partial charge in [0.05, 0.1) is 11.4 Å². The molecule has 0 radical (unpaired) electrons. The molecule has 0 bridgehead atoms. The third kappa shape index (κ3) is 2.67. The molecule has 1 heterocycles. The molecule has 3 nitrogen and oxygen atoms in total. The Hall–Kier alpha value is -2.68. The number of benzene rings is 2. The first kappa shape index (κ1) is 12.4. The molecule has 98 valence electrons. The van der Waals surface area contributed by atoms with Crippen LogP contribution in [-0.2, 0) is 0 Å². The Morgan fingerprint density at radius 2 is 1.70 bits per heavy atom.